The number of hydrogen-bond acceptors (Lipinski definition) is 4. The molecule has 1 aromatic carbocycles. The van der Waals surface area contributed by atoms with Gasteiger partial charge in [0.15, 0.2) is 9.84 Å². The average Bonchev–Trinajstić information content (AvgIpc) is 2.26. The van der Waals surface area contributed by atoms with Gasteiger partial charge >= 0.3 is 5.97 Å². The van der Waals surface area contributed by atoms with Crippen LogP contribution in [0.4, 0.5) is 10.1 Å². The molecule has 0 saturated heterocycles. The topological polar surface area (TPSA) is 101 Å². The molecular formula is C12H14FNO5S. The first-order valence-electron chi connectivity index (χ1n) is 5.69. The van der Waals surface area contributed by atoms with E-state index in [1.807, 2.05) is 0 Å². The Morgan fingerprint density at radius 3 is 2.60 bits per heavy atom. The van der Waals surface area contributed by atoms with Gasteiger partial charge < -0.3 is 10.4 Å². The molecule has 0 spiro atoms. The lowest BCUT2D eigenvalue weighted by molar-refractivity contribution is -0.137. The Hall–Kier alpha value is -1.96. The molecule has 8 heteroatoms. The highest BCUT2D eigenvalue weighted by Crippen LogP contribution is 2.11. The van der Waals surface area contributed by atoms with Crippen LogP contribution in [0.1, 0.15) is 13.3 Å². The van der Waals surface area contributed by atoms with Crippen molar-refractivity contribution in [1.29, 1.82) is 0 Å². The van der Waals surface area contributed by atoms with E-state index in [-0.39, 0.29) is 5.69 Å². The molecule has 0 aliphatic heterocycles. The molecule has 1 amide bonds. The molecule has 0 heterocycles. The van der Waals surface area contributed by atoms with E-state index < -0.39 is 45.0 Å². The van der Waals surface area contributed by atoms with Crippen molar-refractivity contribution in [3.8, 4) is 0 Å². The molecule has 6 nitrogen and oxygen atoms in total. The maximum Gasteiger partial charge on any atom is 0.304 e. The van der Waals surface area contributed by atoms with Crippen molar-refractivity contribution in [2.45, 2.75) is 18.6 Å². The summed E-state index contributed by atoms with van der Waals surface area (Å²) in [6.07, 6.45) is -0.574. The summed E-state index contributed by atoms with van der Waals surface area (Å²) in [4.78, 5) is 22.0. The second kappa shape index (κ2) is 6.47. The molecule has 0 radical (unpaired) electrons. The third-order valence-electron chi connectivity index (χ3n) is 2.52. The zero-order chi connectivity index (χ0) is 15.3. The van der Waals surface area contributed by atoms with Crippen molar-refractivity contribution in [3.63, 3.8) is 0 Å². The van der Waals surface area contributed by atoms with Crippen molar-refractivity contribution >= 4 is 27.4 Å². The van der Waals surface area contributed by atoms with Gasteiger partial charge in [-0.15, -0.1) is 0 Å². The maximum absolute atomic E-state index is 12.9. The third-order valence-corrected chi connectivity index (χ3v) is 4.57. The van der Waals surface area contributed by atoms with Crippen LogP contribution in [-0.2, 0) is 19.4 Å². The minimum Gasteiger partial charge on any atom is -0.481 e. The number of carboxylic acid groups (broad SMARTS) is 1. The van der Waals surface area contributed by atoms with Gasteiger partial charge in [-0.1, -0.05) is 6.07 Å². The van der Waals surface area contributed by atoms with E-state index in [1.54, 1.807) is 0 Å². The van der Waals surface area contributed by atoms with E-state index in [4.69, 9.17) is 5.11 Å². The summed E-state index contributed by atoms with van der Waals surface area (Å²) < 4.78 is 36.4. The van der Waals surface area contributed by atoms with Crippen molar-refractivity contribution in [2.24, 2.45) is 0 Å². The Morgan fingerprint density at radius 2 is 2.05 bits per heavy atom. The van der Waals surface area contributed by atoms with Crippen molar-refractivity contribution in [1.82, 2.24) is 0 Å². The van der Waals surface area contributed by atoms with Crippen molar-refractivity contribution in [2.75, 3.05) is 11.1 Å². The van der Waals surface area contributed by atoms with Gasteiger partial charge in [-0.05, 0) is 25.1 Å². The molecule has 1 aromatic rings. The van der Waals surface area contributed by atoms with Crippen LogP contribution < -0.4 is 5.32 Å². The van der Waals surface area contributed by atoms with Gasteiger partial charge in [-0.25, -0.2) is 12.8 Å². The van der Waals surface area contributed by atoms with Gasteiger partial charge in [0.2, 0.25) is 5.91 Å². The summed E-state index contributed by atoms with van der Waals surface area (Å²) in [5.74, 6) is -3.51. The normalized spacial score (nSPS) is 12.7. The highest BCUT2D eigenvalue weighted by atomic mass is 32.2. The minimum atomic E-state index is -3.87. The fourth-order valence-corrected chi connectivity index (χ4v) is 2.58. The number of nitrogens with one attached hydrogen (secondary N) is 1. The van der Waals surface area contributed by atoms with Crippen LogP contribution >= 0.6 is 0 Å². The van der Waals surface area contributed by atoms with Gasteiger partial charge in [-0.2, -0.15) is 0 Å². The zero-order valence-corrected chi connectivity index (χ0v) is 11.5. The van der Waals surface area contributed by atoms with E-state index in [0.29, 0.717) is 0 Å². The van der Waals surface area contributed by atoms with Crippen LogP contribution in [0.2, 0.25) is 0 Å². The number of hydrogen-bond donors (Lipinski definition) is 2. The lowest BCUT2D eigenvalue weighted by atomic mass is 10.3. The molecule has 0 aromatic heterocycles. The first-order chi connectivity index (χ1) is 9.20. The highest BCUT2D eigenvalue weighted by Gasteiger charge is 2.26. The number of anilines is 1. The molecule has 0 fully saturated rings. The summed E-state index contributed by atoms with van der Waals surface area (Å²) in [7, 11) is -3.87. The van der Waals surface area contributed by atoms with Crippen LogP contribution in [0, 0.1) is 5.82 Å². The molecule has 1 atom stereocenters. The Kier molecular flexibility index (Phi) is 5.20. The summed E-state index contributed by atoms with van der Waals surface area (Å²) >= 11 is 0. The van der Waals surface area contributed by atoms with E-state index in [2.05, 4.69) is 5.32 Å². The fraction of sp³-hybridized carbons (Fsp3) is 0.333. The van der Waals surface area contributed by atoms with Crippen LogP contribution in [0.25, 0.3) is 0 Å². The summed E-state index contributed by atoms with van der Waals surface area (Å²) in [6, 6.07) is 5.01. The predicted molar refractivity (Wildman–Crippen MR) is 70.5 cm³/mol. The molecule has 1 unspecified atom stereocenters. The second-order valence-electron chi connectivity index (χ2n) is 4.27. The first-order valence-corrected chi connectivity index (χ1v) is 7.41. The molecule has 0 aliphatic rings. The van der Waals surface area contributed by atoms with E-state index >= 15 is 0 Å². The Morgan fingerprint density at radius 1 is 1.40 bits per heavy atom. The number of carbonyl (C=O) groups is 2. The number of carbonyl (C=O) groups excluding carboxylic acids is 1. The average molecular weight is 303 g/mol. The molecule has 1 rings (SSSR count). The van der Waals surface area contributed by atoms with E-state index in [1.165, 1.54) is 25.1 Å². The van der Waals surface area contributed by atoms with Crippen LogP contribution in [-0.4, -0.2) is 36.4 Å². The van der Waals surface area contributed by atoms with Gasteiger partial charge in [-0.3, -0.25) is 9.59 Å². The van der Waals surface area contributed by atoms with Crippen LogP contribution in [0.5, 0.6) is 0 Å². The number of aliphatic carboxylic acids is 1. The molecule has 0 bridgehead atoms. The molecule has 110 valence electrons. The SMILES string of the molecule is CC(CC(=O)O)S(=O)(=O)CC(=O)Nc1cccc(F)c1. The third kappa shape index (κ3) is 4.96. The van der Waals surface area contributed by atoms with E-state index in [0.717, 1.165) is 6.07 Å². The minimum absolute atomic E-state index is 0.135. The number of sulfone groups is 1. The lowest BCUT2D eigenvalue weighted by Crippen LogP contribution is -2.30. The number of carboxylic acids is 1. The molecule has 0 aliphatic carbocycles. The number of halogens is 1. The quantitative estimate of drug-likeness (QED) is 0.818. The Bertz CT molecular complexity index is 614. The highest BCUT2D eigenvalue weighted by molar-refractivity contribution is 7.92. The number of amides is 1. The molecule has 0 saturated carbocycles. The Labute approximate surface area is 115 Å². The summed E-state index contributed by atoms with van der Waals surface area (Å²) in [5.41, 5.74) is 0.135. The van der Waals surface area contributed by atoms with Crippen LogP contribution in [0.3, 0.4) is 0 Å². The summed E-state index contributed by atoms with van der Waals surface area (Å²) in [5, 5.41) is 9.61. The van der Waals surface area contributed by atoms with E-state index in [9.17, 15) is 22.4 Å². The van der Waals surface area contributed by atoms with Crippen molar-refractivity contribution in [3.05, 3.63) is 30.1 Å². The van der Waals surface area contributed by atoms with Crippen molar-refractivity contribution < 1.29 is 27.5 Å². The standard InChI is InChI=1S/C12H14FNO5S/c1-8(5-12(16)17)20(18,19)7-11(15)14-10-4-2-3-9(13)6-10/h2-4,6,8H,5,7H2,1H3,(H,14,15)(H,16,17). The maximum atomic E-state index is 12.9. The Balaban J connectivity index is 2.68. The molecular weight excluding hydrogens is 289 g/mol. The predicted octanol–water partition coefficient (Wildman–Crippen LogP) is 1.04. The second-order valence-corrected chi connectivity index (χ2v) is 6.69. The fourth-order valence-electron chi connectivity index (χ4n) is 1.46. The first kappa shape index (κ1) is 16.1. The largest absolute Gasteiger partial charge is 0.481 e. The smallest absolute Gasteiger partial charge is 0.304 e. The van der Waals surface area contributed by atoms with Gasteiger partial charge in [0.05, 0.1) is 11.7 Å². The van der Waals surface area contributed by atoms with Gasteiger partial charge in [0.25, 0.3) is 0 Å². The van der Waals surface area contributed by atoms with Crippen LogP contribution in [0.15, 0.2) is 24.3 Å². The lowest BCUT2D eigenvalue weighted by Gasteiger charge is -2.11. The summed E-state index contributed by atoms with van der Waals surface area (Å²) in [6.45, 7) is 1.22. The van der Waals surface area contributed by atoms with Gasteiger partial charge in [0, 0.05) is 5.69 Å². The zero-order valence-electron chi connectivity index (χ0n) is 10.7. The number of benzene rings is 1. The molecule has 20 heavy (non-hydrogen) atoms. The monoisotopic (exact) mass is 303 g/mol. The van der Waals surface area contributed by atoms with Gasteiger partial charge in [0.1, 0.15) is 11.6 Å². The molecule has 2 N–H and O–H groups in total. The number of rotatable bonds is 6.